The first-order valence-corrected chi connectivity index (χ1v) is 7.73. The molecule has 0 radical (unpaired) electrons. The van der Waals surface area contributed by atoms with Crippen LogP contribution in [-0.2, 0) is 16.0 Å². The first-order chi connectivity index (χ1) is 11.0. The van der Waals surface area contributed by atoms with Crippen molar-refractivity contribution in [2.75, 3.05) is 5.32 Å². The normalized spacial score (nSPS) is 11.6. The molecule has 4 nitrogen and oxygen atoms in total. The maximum absolute atomic E-state index is 12.1. The van der Waals surface area contributed by atoms with Gasteiger partial charge < -0.3 is 10.1 Å². The summed E-state index contributed by atoms with van der Waals surface area (Å²) in [7, 11) is 0. The second-order valence-corrected chi connectivity index (χ2v) is 5.53. The third kappa shape index (κ3) is 4.83. The van der Waals surface area contributed by atoms with Gasteiger partial charge in [-0.3, -0.25) is 4.79 Å². The average Bonchev–Trinajstić information content (AvgIpc) is 2.54. The Morgan fingerprint density at radius 1 is 1.17 bits per heavy atom. The number of esters is 1. The zero-order valence-corrected chi connectivity index (χ0v) is 13.8. The highest BCUT2D eigenvalue weighted by atomic mass is 35.5. The Morgan fingerprint density at radius 2 is 1.87 bits per heavy atom. The number of amides is 1. The third-order valence-corrected chi connectivity index (χ3v) is 3.58. The molecule has 5 heteroatoms. The molecule has 2 aromatic carbocycles. The zero-order chi connectivity index (χ0) is 16.8. The minimum absolute atomic E-state index is 0.411. The van der Waals surface area contributed by atoms with E-state index in [2.05, 4.69) is 5.32 Å². The smallest absolute Gasteiger partial charge is 0.338 e. The SMILES string of the molecule is CCc1ccc(C(=O)O[C@H](C)C(=O)Nc2cccc(Cl)c2)cc1. The lowest BCUT2D eigenvalue weighted by atomic mass is 10.1. The summed E-state index contributed by atoms with van der Waals surface area (Å²) in [4.78, 5) is 24.1. The lowest BCUT2D eigenvalue weighted by Gasteiger charge is -2.14. The second kappa shape index (κ2) is 7.79. The van der Waals surface area contributed by atoms with Crippen molar-refractivity contribution in [1.29, 1.82) is 0 Å². The van der Waals surface area contributed by atoms with Crippen LogP contribution in [0, 0.1) is 0 Å². The molecule has 0 saturated heterocycles. The summed E-state index contributed by atoms with van der Waals surface area (Å²) in [5.74, 6) is -0.938. The fourth-order valence-corrected chi connectivity index (χ4v) is 2.16. The number of hydrogen-bond donors (Lipinski definition) is 1. The van der Waals surface area contributed by atoms with Crippen molar-refractivity contribution < 1.29 is 14.3 Å². The Labute approximate surface area is 140 Å². The van der Waals surface area contributed by atoms with Gasteiger partial charge in [0.25, 0.3) is 5.91 Å². The van der Waals surface area contributed by atoms with Gasteiger partial charge in [-0.25, -0.2) is 4.79 Å². The van der Waals surface area contributed by atoms with Crippen molar-refractivity contribution in [3.8, 4) is 0 Å². The summed E-state index contributed by atoms with van der Waals surface area (Å²) in [5, 5.41) is 3.17. The highest BCUT2D eigenvalue weighted by molar-refractivity contribution is 6.30. The molecule has 0 fully saturated rings. The van der Waals surface area contributed by atoms with Crippen LogP contribution in [0.3, 0.4) is 0 Å². The van der Waals surface area contributed by atoms with Gasteiger partial charge in [0.1, 0.15) is 0 Å². The minimum atomic E-state index is -0.910. The zero-order valence-electron chi connectivity index (χ0n) is 13.0. The van der Waals surface area contributed by atoms with Crippen LogP contribution >= 0.6 is 11.6 Å². The van der Waals surface area contributed by atoms with E-state index in [1.165, 1.54) is 6.92 Å². The fourth-order valence-electron chi connectivity index (χ4n) is 1.97. The van der Waals surface area contributed by atoms with Crippen molar-refractivity contribution in [2.24, 2.45) is 0 Å². The van der Waals surface area contributed by atoms with Crippen LogP contribution in [0.1, 0.15) is 29.8 Å². The van der Waals surface area contributed by atoms with Gasteiger partial charge in [-0.2, -0.15) is 0 Å². The number of carbonyl (C=O) groups excluding carboxylic acids is 2. The van der Waals surface area contributed by atoms with Crippen LogP contribution in [0.15, 0.2) is 48.5 Å². The van der Waals surface area contributed by atoms with Crippen molar-refractivity contribution in [2.45, 2.75) is 26.4 Å². The molecule has 1 N–H and O–H groups in total. The molecule has 0 aromatic heterocycles. The first kappa shape index (κ1) is 17.0. The summed E-state index contributed by atoms with van der Waals surface area (Å²) < 4.78 is 5.19. The molecule has 1 atom stereocenters. The van der Waals surface area contributed by atoms with Gasteiger partial charge in [-0.15, -0.1) is 0 Å². The summed E-state index contributed by atoms with van der Waals surface area (Å²) >= 11 is 5.86. The number of halogens is 1. The molecule has 1 amide bonds. The molecular formula is C18H18ClNO3. The van der Waals surface area contributed by atoms with E-state index in [-0.39, 0.29) is 0 Å². The number of nitrogens with one attached hydrogen (secondary N) is 1. The van der Waals surface area contributed by atoms with E-state index in [0.29, 0.717) is 16.3 Å². The molecule has 0 aliphatic carbocycles. The van der Waals surface area contributed by atoms with Crippen molar-refractivity contribution in [3.05, 3.63) is 64.7 Å². The summed E-state index contributed by atoms with van der Waals surface area (Å²) in [6, 6.07) is 13.9. The number of aryl methyl sites for hydroxylation is 1. The quantitative estimate of drug-likeness (QED) is 0.840. The Kier molecular flexibility index (Phi) is 5.77. The van der Waals surface area contributed by atoms with Crippen molar-refractivity contribution >= 4 is 29.2 Å². The highest BCUT2D eigenvalue weighted by Gasteiger charge is 2.19. The van der Waals surface area contributed by atoms with Crippen molar-refractivity contribution in [1.82, 2.24) is 0 Å². The highest BCUT2D eigenvalue weighted by Crippen LogP contribution is 2.15. The predicted molar refractivity (Wildman–Crippen MR) is 90.8 cm³/mol. The molecule has 0 saturated carbocycles. The van der Waals surface area contributed by atoms with Gasteiger partial charge in [0.05, 0.1) is 5.56 Å². The molecule has 0 heterocycles. The maximum atomic E-state index is 12.1. The van der Waals surface area contributed by atoms with Gasteiger partial charge in [-0.1, -0.05) is 36.7 Å². The number of benzene rings is 2. The summed E-state index contributed by atoms with van der Waals surface area (Å²) in [5.41, 5.74) is 2.11. The Hall–Kier alpha value is -2.33. The number of anilines is 1. The molecule has 2 aromatic rings. The van der Waals surface area contributed by atoms with E-state index < -0.39 is 18.0 Å². The minimum Gasteiger partial charge on any atom is -0.449 e. The van der Waals surface area contributed by atoms with Crippen LogP contribution in [0.2, 0.25) is 5.02 Å². The van der Waals surface area contributed by atoms with E-state index in [4.69, 9.17) is 16.3 Å². The van der Waals surface area contributed by atoms with E-state index in [9.17, 15) is 9.59 Å². The van der Waals surface area contributed by atoms with Gasteiger partial charge >= 0.3 is 5.97 Å². The molecule has 0 spiro atoms. The third-order valence-electron chi connectivity index (χ3n) is 3.34. The number of carbonyl (C=O) groups is 2. The predicted octanol–water partition coefficient (Wildman–Crippen LogP) is 4.09. The Balaban J connectivity index is 1.95. The molecule has 0 aliphatic rings. The molecule has 120 valence electrons. The molecular weight excluding hydrogens is 314 g/mol. The lowest BCUT2D eigenvalue weighted by Crippen LogP contribution is -2.30. The Morgan fingerprint density at radius 3 is 2.48 bits per heavy atom. The van der Waals surface area contributed by atoms with Crippen LogP contribution in [0.25, 0.3) is 0 Å². The number of ether oxygens (including phenoxy) is 1. The lowest BCUT2D eigenvalue weighted by molar-refractivity contribution is -0.123. The summed E-state index contributed by atoms with van der Waals surface area (Å²) in [6.07, 6.45) is -0.0133. The van der Waals surface area contributed by atoms with Gasteiger partial charge in [0.2, 0.25) is 0 Å². The summed E-state index contributed by atoms with van der Waals surface area (Å²) in [6.45, 7) is 3.56. The van der Waals surface area contributed by atoms with E-state index >= 15 is 0 Å². The standard InChI is InChI=1S/C18H18ClNO3/c1-3-13-7-9-14(10-8-13)18(22)23-12(2)17(21)20-16-6-4-5-15(19)11-16/h4-12H,3H2,1-2H3,(H,20,21)/t12-/m1/s1. The topological polar surface area (TPSA) is 55.4 Å². The molecule has 0 aliphatic heterocycles. The molecule has 2 rings (SSSR count). The largest absolute Gasteiger partial charge is 0.449 e. The van der Waals surface area contributed by atoms with Gasteiger partial charge in [0.15, 0.2) is 6.10 Å². The van der Waals surface area contributed by atoms with Gasteiger partial charge in [-0.05, 0) is 49.2 Å². The molecule has 23 heavy (non-hydrogen) atoms. The van der Waals surface area contributed by atoms with E-state index in [1.807, 2.05) is 19.1 Å². The van der Waals surface area contributed by atoms with Gasteiger partial charge in [0, 0.05) is 10.7 Å². The van der Waals surface area contributed by atoms with Crippen LogP contribution < -0.4 is 5.32 Å². The van der Waals surface area contributed by atoms with E-state index in [1.54, 1.807) is 36.4 Å². The first-order valence-electron chi connectivity index (χ1n) is 7.36. The maximum Gasteiger partial charge on any atom is 0.338 e. The molecule has 0 bridgehead atoms. The fraction of sp³-hybridized carbons (Fsp3) is 0.222. The monoisotopic (exact) mass is 331 g/mol. The number of hydrogen-bond acceptors (Lipinski definition) is 3. The van der Waals surface area contributed by atoms with Crippen LogP contribution in [-0.4, -0.2) is 18.0 Å². The van der Waals surface area contributed by atoms with E-state index in [0.717, 1.165) is 12.0 Å². The van der Waals surface area contributed by atoms with Crippen molar-refractivity contribution in [3.63, 3.8) is 0 Å². The Bertz CT molecular complexity index is 698. The number of rotatable bonds is 5. The average molecular weight is 332 g/mol. The molecule has 0 unspecified atom stereocenters. The van der Waals surface area contributed by atoms with Crippen LogP contribution in [0.4, 0.5) is 5.69 Å². The van der Waals surface area contributed by atoms with Crippen LogP contribution in [0.5, 0.6) is 0 Å². The second-order valence-electron chi connectivity index (χ2n) is 5.10.